The highest BCUT2D eigenvalue weighted by Gasteiger charge is 2.05. The summed E-state index contributed by atoms with van der Waals surface area (Å²) in [6.07, 6.45) is 1.23. The van der Waals surface area contributed by atoms with Crippen molar-refractivity contribution in [1.82, 2.24) is 0 Å². The third kappa shape index (κ3) is 4.90. The van der Waals surface area contributed by atoms with Gasteiger partial charge in [-0.25, -0.2) is 0 Å². The Balaban J connectivity index is 1.74. The molecule has 104 valence electrons. The molecule has 0 fully saturated rings. The Kier molecular flexibility index (Phi) is 6.04. The first kappa shape index (κ1) is 15.5. The minimum absolute atomic E-state index is 0.156. The van der Waals surface area contributed by atoms with E-state index in [2.05, 4.69) is 38.5 Å². The predicted octanol–water partition coefficient (Wildman–Crippen LogP) is 5.10. The van der Waals surface area contributed by atoms with Crippen LogP contribution in [0.3, 0.4) is 0 Å². The first-order valence-corrected chi connectivity index (χ1v) is 8.19. The van der Waals surface area contributed by atoms with Crippen molar-refractivity contribution in [1.29, 1.82) is 0 Å². The fourth-order valence-corrected chi connectivity index (χ4v) is 2.36. The molecule has 0 aliphatic heterocycles. The smallest absolute Gasteiger partial charge is 0.163 e. The van der Waals surface area contributed by atoms with E-state index in [-0.39, 0.29) is 5.78 Å². The van der Waals surface area contributed by atoms with Crippen LogP contribution in [-0.4, -0.2) is 12.4 Å². The molecule has 0 radical (unpaired) electrons. The van der Waals surface area contributed by atoms with Crippen molar-refractivity contribution >= 4 is 44.3 Å². The zero-order valence-electron chi connectivity index (χ0n) is 10.8. The Morgan fingerprint density at radius 1 is 1.05 bits per heavy atom. The van der Waals surface area contributed by atoms with Gasteiger partial charge in [0, 0.05) is 20.0 Å². The van der Waals surface area contributed by atoms with E-state index < -0.39 is 0 Å². The number of ketones is 1. The van der Waals surface area contributed by atoms with E-state index in [1.165, 1.54) is 3.57 Å². The van der Waals surface area contributed by atoms with Crippen LogP contribution in [0.2, 0.25) is 0 Å². The van der Waals surface area contributed by atoms with E-state index in [0.29, 0.717) is 13.0 Å². The number of benzene rings is 2. The summed E-state index contributed by atoms with van der Waals surface area (Å²) < 4.78 is 7.77. The van der Waals surface area contributed by atoms with Crippen LogP contribution < -0.4 is 4.74 Å². The largest absolute Gasteiger partial charge is 0.494 e. The molecule has 0 N–H and O–H groups in total. The van der Waals surface area contributed by atoms with E-state index in [1.54, 1.807) is 0 Å². The van der Waals surface area contributed by atoms with E-state index in [9.17, 15) is 4.79 Å². The van der Waals surface area contributed by atoms with E-state index in [0.717, 1.165) is 22.2 Å². The second-order valence-electron chi connectivity index (χ2n) is 4.34. The molecule has 4 heteroatoms. The molecule has 0 heterocycles. The van der Waals surface area contributed by atoms with Crippen molar-refractivity contribution in [3.8, 4) is 5.75 Å². The van der Waals surface area contributed by atoms with Crippen LogP contribution in [0.5, 0.6) is 5.75 Å². The molecule has 0 unspecified atom stereocenters. The highest BCUT2D eigenvalue weighted by molar-refractivity contribution is 14.1. The SMILES string of the molecule is O=C(CCCOc1ccc(I)cc1)c1ccc(Br)cc1. The van der Waals surface area contributed by atoms with Crippen LogP contribution >= 0.6 is 38.5 Å². The lowest BCUT2D eigenvalue weighted by atomic mass is 10.1. The van der Waals surface area contributed by atoms with Crippen LogP contribution in [0.15, 0.2) is 53.0 Å². The van der Waals surface area contributed by atoms with Crippen molar-refractivity contribution in [3.05, 3.63) is 62.1 Å². The summed E-state index contributed by atoms with van der Waals surface area (Å²) in [4.78, 5) is 11.9. The summed E-state index contributed by atoms with van der Waals surface area (Å²) in [7, 11) is 0. The zero-order valence-corrected chi connectivity index (χ0v) is 14.6. The number of Topliss-reactive ketones (excluding diaryl/α,β-unsaturated/α-hetero) is 1. The quantitative estimate of drug-likeness (QED) is 0.352. The molecule has 0 aliphatic carbocycles. The van der Waals surface area contributed by atoms with E-state index >= 15 is 0 Å². The monoisotopic (exact) mass is 444 g/mol. The summed E-state index contributed by atoms with van der Waals surface area (Å²) in [6.45, 7) is 0.558. The molecule has 0 atom stereocenters. The molecular weight excluding hydrogens is 431 g/mol. The van der Waals surface area contributed by atoms with Gasteiger partial charge in [-0.3, -0.25) is 4.79 Å². The Bertz CT molecular complexity index is 564. The van der Waals surface area contributed by atoms with E-state index in [4.69, 9.17) is 4.74 Å². The Labute approximate surface area is 140 Å². The van der Waals surface area contributed by atoms with E-state index in [1.807, 2.05) is 48.5 Å². The van der Waals surface area contributed by atoms with Crippen LogP contribution in [-0.2, 0) is 0 Å². The van der Waals surface area contributed by atoms with Gasteiger partial charge < -0.3 is 4.74 Å². The molecule has 0 amide bonds. The standard InChI is InChI=1S/C16H14BrIO2/c17-13-5-3-12(4-6-13)16(19)2-1-11-20-15-9-7-14(18)8-10-15/h3-10H,1-2,11H2. The van der Waals surface area contributed by atoms with Crippen LogP contribution in [0.25, 0.3) is 0 Å². The third-order valence-corrected chi connectivity index (χ3v) is 4.04. The second kappa shape index (κ2) is 7.78. The highest BCUT2D eigenvalue weighted by Crippen LogP contribution is 2.15. The number of carbonyl (C=O) groups excluding carboxylic acids is 1. The molecule has 0 saturated heterocycles. The average molecular weight is 445 g/mol. The maximum absolute atomic E-state index is 11.9. The molecule has 2 aromatic carbocycles. The van der Waals surface area contributed by atoms with Gasteiger partial charge in [-0.15, -0.1) is 0 Å². The predicted molar refractivity (Wildman–Crippen MR) is 92.4 cm³/mol. The molecule has 2 nitrogen and oxygen atoms in total. The molecule has 20 heavy (non-hydrogen) atoms. The van der Waals surface area contributed by atoms with Gasteiger partial charge in [0.25, 0.3) is 0 Å². The van der Waals surface area contributed by atoms with Crippen LogP contribution in [0, 0.1) is 3.57 Å². The number of hydrogen-bond donors (Lipinski definition) is 0. The molecule has 2 aromatic rings. The number of carbonyl (C=O) groups is 1. The lowest BCUT2D eigenvalue weighted by Crippen LogP contribution is -2.03. The van der Waals surface area contributed by atoms with Crippen molar-refractivity contribution in [3.63, 3.8) is 0 Å². The molecule has 0 saturated carbocycles. The van der Waals surface area contributed by atoms with Gasteiger partial charge in [0.15, 0.2) is 5.78 Å². The Morgan fingerprint density at radius 3 is 2.35 bits per heavy atom. The maximum Gasteiger partial charge on any atom is 0.163 e. The molecule has 0 aliphatic rings. The Morgan fingerprint density at radius 2 is 1.70 bits per heavy atom. The summed E-state index contributed by atoms with van der Waals surface area (Å²) in [5.74, 6) is 1.00. The topological polar surface area (TPSA) is 26.3 Å². The highest BCUT2D eigenvalue weighted by atomic mass is 127. The summed E-state index contributed by atoms with van der Waals surface area (Å²) in [6, 6.07) is 15.3. The van der Waals surface area contributed by atoms with Gasteiger partial charge in [0.05, 0.1) is 6.61 Å². The summed E-state index contributed by atoms with van der Waals surface area (Å²) in [5, 5.41) is 0. The van der Waals surface area contributed by atoms with Crippen LogP contribution in [0.4, 0.5) is 0 Å². The number of rotatable bonds is 6. The normalized spacial score (nSPS) is 10.3. The van der Waals surface area contributed by atoms with Gasteiger partial charge in [0.2, 0.25) is 0 Å². The fourth-order valence-electron chi connectivity index (χ4n) is 1.73. The molecule has 2 rings (SSSR count). The third-order valence-electron chi connectivity index (χ3n) is 2.80. The number of ether oxygens (including phenoxy) is 1. The van der Waals surface area contributed by atoms with Crippen LogP contribution in [0.1, 0.15) is 23.2 Å². The number of hydrogen-bond acceptors (Lipinski definition) is 2. The first-order valence-electron chi connectivity index (χ1n) is 6.32. The molecule has 0 spiro atoms. The lowest BCUT2D eigenvalue weighted by molar-refractivity contribution is 0.0973. The van der Waals surface area contributed by atoms with Crippen molar-refractivity contribution in [2.45, 2.75) is 12.8 Å². The first-order chi connectivity index (χ1) is 9.65. The minimum Gasteiger partial charge on any atom is -0.494 e. The van der Waals surface area contributed by atoms with Gasteiger partial charge in [-0.1, -0.05) is 28.1 Å². The second-order valence-corrected chi connectivity index (χ2v) is 6.50. The van der Waals surface area contributed by atoms with Gasteiger partial charge in [0.1, 0.15) is 5.75 Å². The lowest BCUT2D eigenvalue weighted by Gasteiger charge is -2.06. The molecule has 0 aromatic heterocycles. The summed E-state index contributed by atoms with van der Waals surface area (Å²) in [5.41, 5.74) is 0.752. The van der Waals surface area contributed by atoms with Gasteiger partial charge in [-0.05, 0) is 65.4 Å². The van der Waals surface area contributed by atoms with Crippen molar-refractivity contribution in [2.75, 3.05) is 6.61 Å². The van der Waals surface area contributed by atoms with Gasteiger partial charge in [-0.2, -0.15) is 0 Å². The zero-order chi connectivity index (χ0) is 14.4. The maximum atomic E-state index is 11.9. The molecular formula is C16H14BrIO2. The van der Waals surface area contributed by atoms with Gasteiger partial charge >= 0.3 is 0 Å². The fraction of sp³-hybridized carbons (Fsp3) is 0.188. The minimum atomic E-state index is 0.156. The summed E-state index contributed by atoms with van der Waals surface area (Å²) >= 11 is 5.61. The average Bonchev–Trinajstić information content (AvgIpc) is 2.46. The molecule has 0 bridgehead atoms. The number of halogens is 2. The Hall–Kier alpha value is -0.880. The van der Waals surface area contributed by atoms with Crippen molar-refractivity contribution < 1.29 is 9.53 Å². The van der Waals surface area contributed by atoms with Crippen molar-refractivity contribution in [2.24, 2.45) is 0 Å².